The lowest BCUT2D eigenvalue weighted by Crippen LogP contribution is -2.64. The lowest BCUT2D eigenvalue weighted by molar-refractivity contribution is 1.45. The zero-order chi connectivity index (χ0) is 40.3. The van der Waals surface area contributed by atoms with Gasteiger partial charge in [-0.1, -0.05) is 218 Å². The molecule has 0 nitrogen and oxygen atoms in total. The van der Waals surface area contributed by atoms with E-state index in [2.05, 4.69) is 239 Å². The van der Waals surface area contributed by atoms with Gasteiger partial charge in [-0.25, -0.2) is 0 Å². The number of benzene rings is 9. The molecule has 0 unspecified atom stereocenters. The molecule has 0 fully saturated rings. The van der Waals surface area contributed by atoms with E-state index >= 15 is 0 Å². The Morgan fingerprint density at radius 1 is 0.237 bits per heavy atom. The lowest BCUT2D eigenvalue weighted by Gasteiger charge is -2.36. The standard InChI is InChI=1S/C57H45ClSi/c1-40-34-37-49(55(46-28-16-7-17-29-46)52(40)43-22-10-4-11-23-43)59(58,50-38-35-41(2)53(44-24-12-5-13-25-44)56(50)47-30-18-8-19-31-47)51-39-36-42(3)54(45-26-14-6-15-27-45)57(51)48-32-20-9-21-33-48/h4-39H,1-3H3. The highest BCUT2D eigenvalue weighted by molar-refractivity contribution is 7.41. The van der Waals surface area contributed by atoms with E-state index in [-0.39, 0.29) is 0 Å². The molecule has 284 valence electrons. The first-order valence-electron chi connectivity index (χ1n) is 20.4. The predicted octanol–water partition coefficient (Wildman–Crippen LogP) is 13.8. The summed E-state index contributed by atoms with van der Waals surface area (Å²) < 4.78 is 0. The van der Waals surface area contributed by atoms with Crippen LogP contribution in [0.3, 0.4) is 0 Å². The number of rotatable bonds is 9. The van der Waals surface area contributed by atoms with Gasteiger partial charge in [-0.05, 0) is 120 Å². The first-order chi connectivity index (χ1) is 28.9. The fraction of sp³-hybridized carbons (Fsp3) is 0.0526. The van der Waals surface area contributed by atoms with Crippen LogP contribution in [0.15, 0.2) is 218 Å². The molecule has 0 aromatic heterocycles. The summed E-state index contributed by atoms with van der Waals surface area (Å²) >= 11 is 9.25. The molecule has 9 aromatic rings. The Balaban J connectivity index is 1.53. The maximum atomic E-state index is 9.25. The Morgan fingerprint density at radius 2 is 0.424 bits per heavy atom. The number of hydrogen-bond donors (Lipinski definition) is 0. The van der Waals surface area contributed by atoms with Crippen LogP contribution in [0.2, 0.25) is 0 Å². The molecule has 59 heavy (non-hydrogen) atoms. The molecule has 0 saturated heterocycles. The quantitative estimate of drug-likeness (QED) is 0.0776. The van der Waals surface area contributed by atoms with Crippen molar-refractivity contribution in [1.29, 1.82) is 0 Å². The summed E-state index contributed by atoms with van der Waals surface area (Å²) in [5, 5.41) is 3.49. The van der Waals surface area contributed by atoms with Crippen LogP contribution in [0.1, 0.15) is 16.7 Å². The number of hydrogen-bond acceptors (Lipinski definition) is 0. The first kappa shape index (κ1) is 38.0. The molecular weight excluding hydrogens is 748 g/mol. The molecule has 0 spiro atoms. The molecule has 0 bridgehead atoms. The molecule has 0 radical (unpaired) electrons. The van der Waals surface area contributed by atoms with Crippen molar-refractivity contribution in [1.82, 2.24) is 0 Å². The summed E-state index contributed by atoms with van der Waals surface area (Å²) in [5.41, 5.74) is 17.8. The van der Waals surface area contributed by atoms with Gasteiger partial charge in [-0.15, -0.1) is 11.1 Å². The SMILES string of the molecule is Cc1ccc([Si](Cl)(c2ccc(C)c(-c3ccccc3)c2-c2ccccc2)c2ccc(C)c(-c3ccccc3)c2-c2ccccc2)c(-c2ccccc2)c1-c1ccccc1. The molecule has 0 N–H and O–H groups in total. The van der Waals surface area contributed by atoms with E-state index in [4.69, 9.17) is 0 Å². The highest BCUT2D eigenvalue weighted by atomic mass is 35.6. The zero-order valence-corrected chi connectivity index (χ0v) is 35.4. The van der Waals surface area contributed by atoms with Crippen molar-refractivity contribution in [2.24, 2.45) is 0 Å². The molecule has 0 heterocycles. The third kappa shape index (κ3) is 6.97. The topological polar surface area (TPSA) is 0 Å². The fourth-order valence-electron chi connectivity index (χ4n) is 9.06. The summed E-state index contributed by atoms with van der Waals surface area (Å²) in [4.78, 5) is 0. The number of aryl methyl sites for hydroxylation is 3. The van der Waals surface area contributed by atoms with Crippen molar-refractivity contribution in [3.8, 4) is 66.8 Å². The van der Waals surface area contributed by atoms with Crippen molar-refractivity contribution < 1.29 is 0 Å². The van der Waals surface area contributed by atoms with Gasteiger partial charge in [-0.2, -0.15) is 0 Å². The van der Waals surface area contributed by atoms with Crippen molar-refractivity contribution >= 4 is 34.0 Å². The maximum Gasteiger partial charge on any atom is 0.249 e. The summed E-state index contributed by atoms with van der Waals surface area (Å²) in [6.45, 7) is 6.71. The second-order valence-electron chi connectivity index (χ2n) is 15.4. The third-order valence-corrected chi connectivity index (χ3v) is 17.0. The monoisotopic (exact) mass is 792 g/mol. The molecule has 0 aliphatic heterocycles. The van der Waals surface area contributed by atoms with E-state index in [0.29, 0.717) is 0 Å². The summed E-state index contributed by atoms with van der Waals surface area (Å²) in [5.74, 6) is 0. The predicted molar refractivity (Wildman–Crippen MR) is 257 cm³/mol. The average Bonchev–Trinajstić information content (AvgIpc) is 3.30. The Labute approximate surface area is 354 Å². The van der Waals surface area contributed by atoms with E-state index in [9.17, 15) is 11.1 Å². The van der Waals surface area contributed by atoms with Crippen molar-refractivity contribution in [2.45, 2.75) is 20.8 Å². The molecule has 9 rings (SSSR count). The van der Waals surface area contributed by atoms with Crippen LogP contribution in [-0.4, -0.2) is 7.38 Å². The fourth-order valence-corrected chi connectivity index (χ4v) is 14.1. The molecule has 9 aromatic carbocycles. The average molecular weight is 794 g/mol. The lowest BCUT2D eigenvalue weighted by atomic mass is 9.90. The van der Waals surface area contributed by atoms with Crippen molar-refractivity contribution in [3.63, 3.8) is 0 Å². The number of halogens is 1. The Morgan fingerprint density at radius 3 is 0.627 bits per heavy atom. The van der Waals surface area contributed by atoms with Gasteiger partial charge in [0.1, 0.15) is 0 Å². The Hall–Kier alpha value is -6.51. The summed E-state index contributed by atoms with van der Waals surface area (Å²) in [6.07, 6.45) is 0. The van der Waals surface area contributed by atoms with E-state index in [1.165, 1.54) is 66.8 Å². The molecule has 0 atom stereocenters. The Kier molecular flexibility index (Phi) is 10.6. The van der Waals surface area contributed by atoms with Crippen molar-refractivity contribution in [3.05, 3.63) is 235 Å². The largest absolute Gasteiger partial charge is 0.249 e. The van der Waals surface area contributed by atoms with Crippen LogP contribution in [0, 0.1) is 20.8 Å². The van der Waals surface area contributed by atoms with Gasteiger partial charge in [0.05, 0.1) is 0 Å². The van der Waals surface area contributed by atoms with Crippen LogP contribution < -0.4 is 15.6 Å². The van der Waals surface area contributed by atoms with Gasteiger partial charge in [-0.3, -0.25) is 0 Å². The zero-order valence-electron chi connectivity index (χ0n) is 33.7. The molecule has 0 amide bonds. The minimum atomic E-state index is -3.65. The minimum absolute atomic E-state index is 1.15. The molecule has 2 heteroatoms. The van der Waals surface area contributed by atoms with Gasteiger partial charge < -0.3 is 0 Å². The normalized spacial score (nSPS) is 11.4. The van der Waals surface area contributed by atoms with Crippen LogP contribution >= 0.6 is 11.1 Å². The molecular formula is C57H45ClSi. The van der Waals surface area contributed by atoms with E-state index in [0.717, 1.165) is 32.3 Å². The first-order valence-corrected chi connectivity index (χ1v) is 23.4. The van der Waals surface area contributed by atoms with Crippen LogP contribution in [-0.2, 0) is 0 Å². The van der Waals surface area contributed by atoms with Gasteiger partial charge >= 0.3 is 0 Å². The third-order valence-electron chi connectivity index (χ3n) is 11.7. The molecule has 0 saturated carbocycles. The second-order valence-corrected chi connectivity index (χ2v) is 20.0. The summed E-state index contributed by atoms with van der Waals surface area (Å²) in [7, 11) is -3.65. The van der Waals surface area contributed by atoms with Crippen LogP contribution in [0.25, 0.3) is 66.8 Å². The Bertz CT molecular complexity index is 2550. The highest BCUT2D eigenvalue weighted by Gasteiger charge is 2.45. The second kappa shape index (κ2) is 16.4. The molecule has 0 aliphatic carbocycles. The van der Waals surface area contributed by atoms with E-state index in [1.807, 2.05) is 0 Å². The molecule has 0 aliphatic rings. The van der Waals surface area contributed by atoms with E-state index < -0.39 is 7.38 Å². The maximum absolute atomic E-state index is 9.25. The van der Waals surface area contributed by atoms with Gasteiger partial charge in [0.15, 0.2) is 0 Å². The van der Waals surface area contributed by atoms with Gasteiger partial charge in [0, 0.05) is 0 Å². The minimum Gasteiger partial charge on any atom is -0.149 e. The highest BCUT2D eigenvalue weighted by Crippen LogP contribution is 2.42. The van der Waals surface area contributed by atoms with Crippen LogP contribution in [0.5, 0.6) is 0 Å². The van der Waals surface area contributed by atoms with Gasteiger partial charge in [0.2, 0.25) is 7.38 Å². The van der Waals surface area contributed by atoms with Crippen LogP contribution in [0.4, 0.5) is 0 Å². The van der Waals surface area contributed by atoms with Gasteiger partial charge in [0.25, 0.3) is 0 Å². The van der Waals surface area contributed by atoms with E-state index in [1.54, 1.807) is 0 Å². The smallest absolute Gasteiger partial charge is 0.149 e. The summed E-state index contributed by atoms with van der Waals surface area (Å²) in [6, 6.07) is 79.2. The van der Waals surface area contributed by atoms with Crippen molar-refractivity contribution in [2.75, 3.05) is 0 Å².